The average molecular weight is 125 g/mol. The molecule has 52 valence electrons. The number of rotatable bonds is 1. The van der Waals surface area contributed by atoms with Crippen molar-refractivity contribution in [1.82, 2.24) is 0 Å². The van der Waals surface area contributed by atoms with Crippen LogP contribution in [0.5, 0.6) is 0 Å². The van der Waals surface area contributed by atoms with E-state index in [0.29, 0.717) is 0 Å². The molecule has 0 spiro atoms. The van der Waals surface area contributed by atoms with Crippen molar-refractivity contribution in [3.63, 3.8) is 0 Å². The second-order valence-corrected chi connectivity index (χ2v) is 2.95. The summed E-state index contributed by atoms with van der Waals surface area (Å²) >= 11 is 0. The zero-order valence-electron chi connectivity index (χ0n) is 6.06. The monoisotopic (exact) mass is 125 g/mol. The molecule has 0 amide bonds. The second-order valence-electron chi connectivity index (χ2n) is 2.95. The molecule has 0 aromatic heterocycles. The molecule has 1 nitrogen and oxygen atoms in total. The van der Waals surface area contributed by atoms with E-state index in [1.165, 1.54) is 24.8 Å². The summed E-state index contributed by atoms with van der Waals surface area (Å²) in [7, 11) is 0. The highest BCUT2D eigenvalue weighted by Gasteiger charge is 2.07. The Morgan fingerprint density at radius 2 is 2.56 bits per heavy atom. The maximum Gasteiger partial charge on any atom is 0.0136 e. The topological polar surface area (TPSA) is 26.0 Å². The van der Waals surface area contributed by atoms with Crippen molar-refractivity contribution in [3.05, 3.63) is 11.6 Å². The first-order valence-electron chi connectivity index (χ1n) is 3.71. The fourth-order valence-corrected chi connectivity index (χ4v) is 1.20. The third-order valence-corrected chi connectivity index (χ3v) is 2.03. The summed E-state index contributed by atoms with van der Waals surface area (Å²) in [6, 6.07) is 0. The molecular formula is C8H15N. The van der Waals surface area contributed by atoms with Crippen LogP contribution in [0.25, 0.3) is 0 Å². The predicted octanol–water partition coefficient (Wildman–Crippen LogP) is 1.69. The molecule has 0 fully saturated rings. The van der Waals surface area contributed by atoms with Crippen LogP contribution in [-0.2, 0) is 0 Å². The Bertz CT molecular complexity index is 116. The standard InChI is InChI=1S/C8H15N/c1-7-2-4-8(6-9)5-3-7/h4,7H,2-3,5-6,9H2,1H3. The third kappa shape index (κ3) is 1.83. The van der Waals surface area contributed by atoms with Crippen LogP contribution >= 0.6 is 0 Å². The molecular weight excluding hydrogens is 110 g/mol. The fourth-order valence-electron chi connectivity index (χ4n) is 1.20. The lowest BCUT2D eigenvalue weighted by molar-refractivity contribution is 0.511. The molecule has 0 bridgehead atoms. The first-order chi connectivity index (χ1) is 4.33. The summed E-state index contributed by atoms with van der Waals surface area (Å²) in [5.74, 6) is 0.889. The van der Waals surface area contributed by atoms with E-state index in [1.807, 2.05) is 0 Å². The fraction of sp³-hybridized carbons (Fsp3) is 0.750. The van der Waals surface area contributed by atoms with Crippen molar-refractivity contribution < 1.29 is 0 Å². The predicted molar refractivity (Wildman–Crippen MR) is 40.2 cm³/mol. The Hall–Kier alpha value is -0.300. The summed E-state index contributed by atoms with van der Waals surface area (Å²) in [6.45, 7) is 3.07. The van der Waals surface area contributed by atoms with E-state index in [4.69, 9.17) is 5.73 Å². The highest BCUT2D eigenvalue weighted by molar-refractivity contribution is 5.06. The van der Waals surface area contributed by atoms with Crippen LogP contribution in [0.3, 0.4) is 0 Å². The molecule has 0 aromatic rings. The lowest BCUT2D eigenvalue weighted by atomic mass is 9.91. The molecule has 0 saturated carbocycles. The quantitative estimate of drug-likeness (QED) is 0.530. The number of nitrogens with two attached hydrogens (primary N) is 1. The van der Waals surface area contributed by atoms with Crippen LogP contribution in [0, 0.1) is 5.92 Å². The molecule has 9 heavy (non-hydrogen) atoms. The lowest BCUT2D eigenvalue weighted by Crippen LogP contribution is -2.09. The Labute approximate surface area is 56.9 Å². The summed E-state index contributed by atoms with van der Waals surface area (Å²) in [5.41, 5.74) is 6.93. The Morgan fingerprint density at radius 3 is 3.00 bits per heavy atom. The third-order valence-electron chi connectivity index (χ3n) is 2.03. The van der Waals surface area contributed by atoms with Crippen molar-refractivity contribution >= 4 is 0 Å². The van der Waals surface area contributed by atoms with Gasteiger partial charge in [-0.3, -0.25) is 0 Å². The minimum Gasteiger partial charge on any atom is -0.327 e. The van der Waals surface area contributed by atoms with Crippen molar-refractivity contribution in [2.24, 2.45) is 11.7 Å². The van der Waals surface area contributed by atoms with Crippen LogP contribution in [0.1, 0.15) is 26.2 Å². The molecule has 0 saturated heterocycles. The molecule has 1 aliphatic rings. The van der Waals surface area contributed by atoms with Crippen LogP contribution in [-0.4, -0.2) is 6.54 Å². The first-order valence-corrected chi connectivity index (χ1v) is 3.71. The van der Waals surface area contributed by atoms with Crippen LogP contribution in [0.4, 0.5) is 0 Å². The van der Waals surface area contributed by atoms with Crippen molar-refractivity contribution in [2.75, 3.05) is 6.54 Å². The van der Waals surface area contributed by atoms with Gasteiger partial charge < -0.3 is 5.73 Å². The average Bonchev–Trinajstić information content (AvgIpc) is 1.90. The second kappa shape index (κ2) is 3.02. The van der Waals surface area contributed by atoms with Crippen molar-refractivity contribution in [2.45, 2.75) is 26.2 Å². The van der Waals surface area contributed by atoms with E-state index < -0.39 is 0 Å². The van der Waals surface area contributed by atoms with Gasteiger partial charge in [0.15, 0.2) is 0 Å². The van der Waals surface area contributed by atoms with Gasteiger partial charge in [0.05, 0.1) is 0 Å². The maximum absolute atomic E-state index is 5.48. The largest absolute Gasteiger partial charge is 0.327 e. The van der Waals surface area contributed by atoms with Gasteiger partial charge in [-0.15, -0.1) is 0 Å². The van der Waals surface area contributed by atoms with E-state index >= 15 is 0 Å². The molecule has 1 atom stereocenters. The molecule has 1 heteroatoms. The molecule has 1 unspecified atom stereocenters. The minimum atomic E-state index is 0.771. The summed E-state index contributed by atoms with van der Waals surface area (Å²) < 4.78 is 0. The molecule has 1 aliphatic carbocycles. The van der Waals surface area contributed by atoms with Crippen LogP contribution < -0.4 is 5.73 Å². The van der Waals surface area contributed by atoms with Gasteiger partial charge in [-0.1, -0.05) is 18.6 Å². The highest BCUT2D eigenvalue weighted by Crippen LogP contribution is 2.21. The Morgan fingerprint density at radius 1 is 1.78 bits per heavy atom. The Kier molecular flexibility index (Phi) is 2.29. The van der Waals surface area contributed by atoms with E-state index in [-0.39, 0.29) is 0 Å². The molecule has 0 radical (unpaired) electrons. The first kappa shape index (κ1) is 6.81. The van der Waals surface area contributed by atoms with Gasteiger partial charge in [0, 0.05) is 6.54 Å². The van der Waals surface area contributed by atoms with E-state index in [9.17, 15) is 0 Å². The molecule has 0 heterocycles. The van der Waals surface area contributed by atoms with Crippen molar-refractivity contribution in [3.8, 4) is 0 Å². The number of hydrogen-bond acceptors (Lipinski definition) is 1. The number of allylic oxidation sites excluding steroid dienone is 1. The van der Waals surface area contributed by atoms with E-state index in [0.717, 1.165) is 12.5 Å². The van der Waals surface area contributed by atoms with E-state index in [2.05, 4.69) is 13.0 Å². The van der Waals surface area contributed by atoms with Crippen molar-refractivity contribution in [1.29, 1.82) is 0 Å². The summed E-state index contributed by atoms with van der Waals surface area (Å²) in [5, 5.41) is 0. The van der Waals surface area contributed by atoms with Gasteiger partial charge in [-0.05, 0) is 25.2 Å². The van der Waals surface area contributed by atoms with Crippen LogP contribution in [0.15, 0.2) is 11.6 Å². The van der Waals surface area contributed by atoms with Gasteiger partial charge >= 0.3 is 0 Å². The van der Waals surface area contributed by atoms with Gasteiger partial charge in [0.1, 0.15) is 0 Å². The zero-order valence-corrected chi connectivity index (χ0v) is 6.06. The normalized spacial score (nSPS) is 27.8. The lowest BCUT2D eigenvalue weighted by Gasteiger charge is -2.16. The number of hydrogen-bond donors (Lipinski definition) is 1. The maximum atomic E-state index is 5.48. The molecule has 0 aliphatic heterocycles. The minimum absolute atomic E-state index is 0.771. The zero-order chi connectivity index (χ0) is 6.69. The summed E-state index contributed by atoms with van der Waals surface area (Å²) in [4.78, 5) is 0. The van der Waals surface area contributed by atoms with E-state index in [1.54, 1.807) is 0 Å². The molecule has 2 N–H and O–H groups in total. The molecule has 0 aromatic carbocycles. The molecule has 1 rings (SSSR count). The van der Waals surface area contributed by atoms with Gasteiger partial charge in [0.25, 0.3) is 0 Å². The van der Waals surface area contributed by atoms with Gasteiger partial charge in [-0.2, -0.15) is 0 Å². The highest BCUT2D eigenvalue weighted by atomic mass is 14.5. The summed E-state index contributed by atoms with van der Waals surface area (Å²) in [6.07, 6.45) is 6.11. The van der Waals surface area contributed by atoms with Gasteiger partial charge in [0.2, 0.25) is 0 Å². The van der Waals surface area contributed by atoms with Crippen LogP contribution in [0.2, 0.25) is 0 Å². The van der Waals surface area contributed by atoms with Gasteiger partial charge in [-0.25, -0.2) is 0 Å². The SMILES string of the molecule is CC1CC=C(CN)CC1. The Balaban J connectivity index is 2.40. The smallest absolute Gasteiger partial charge is 0.0136 e.